The average molecular weight is 1070 g/mol. The summed E-state index contributed by atoms with van der Waals surface area (Å²) < 4.78 is 16.9. The van der Waals surface area contributed by atoms with Crippen LogP contribution >= 0.6 is 0 Å². The highest BCUT2D eigenvalue weighted by Crippen LogP contribution is 2.17. The van der Waals surface area contributed by atoms with Crippen LogP contribution in [0, 0.1) is 0 Å². The van der Waals surface area contributed by atoms with E-state index in [0.717, 1.165) is 109 Å². The molecule has 0 saturated heterocycles. The molecule has 0 aliphatic rings. The molecule has 0 spiro atoms. The van der Waals surface area contributed by atoms with Crippen LogP contribution in [0.2, 0.25) is 0 Å². The van der Waals surface area contributed by atoms with Crippen LogP contribution in [-0.4, -0.2) is 37.2 Å². The van der Waals surface area contributed by atoms with E-state index in [1.807, 2.05) is 0 Å². The maximum absolute atomic E-state index is 12.9. The van der Waals surface area contributed by atoms with Crippen LogP contribution in [0.3, 0.4) is 0 Å². The molecular weight excluding hydrogens is 949 g/mol. The molecule has 77 heavy (non-hydrogen) atoms. The molecule has 0 bridgehead atoms. The smallest absolute Gasteiger partial charge is 0.306 e. The van der Waals surface area contributed by atoms with Crippen molar-refractivity contribution in [2.45, 2.75) is 335 Å². The van der Waals surface area contributed by atoms with Crippen LogP contribution in [0.1, 0.15) is 329 Å². The quantitative estimate of drug-likeness (QED) is 0.0261. The molecule has 6 heteroatoms. The van der Waals surface area contributed by atoms with E-state index < -0.39 is 6.10 Å². The molecule has 0 amide bonds. The second-order valence-electron chi connectivity index (χ2n) is 22.0. The zero-order chi connectivity index (χ0) is 55.7. The first-order chi connectivity index (χ1) is 38.0. The molecule has 1 unspecified atom stereocenters. The van der Waals surface area contributed by atoms with Crippen molar-refractivity contribution in [3.8, 4) is 0 Å². The minimum atomic E-state index is -0.798. The maximum Gasteiger partial charge on any atom is 0.306 e. The summed E-state index contributed by atoms with van der Waals surface area (Å²) >= 11 is 0. The van der Waals surface area contributed by atoms with Gasteiger partial charge in [-0.05, 0) is 96.3 Å². The van der Waals surface area contributed by atoms with Gasteiger partial charge in [0.2, 0.25) is 0 Å². The summed E-state index contributed by atoms with van der Waals surface area (Å²) in [6, 6.07) is 0. The number of esters is 3. The van der Waals surface area contributed by atoms with E-state index in [1.54, 1.807) is 0 Å². The highest BCUT2D eigenvalue weighted by molar-refractivity contribution is 5.71. The Balaban J connectivity index is 4.39. The highest BCUT2D eigenvalue weighted by atomic mass is 16.6. The second-order valence-corrected chi connectivity index (χ2v) is 22.0. The van der Waals surface area contributed by atoms with Crippen molar-refractivity contribution in [3.63, 3.8) is 0 Å². The van der Waals surface area contributed by atoms with Gasteiger partial charge in [0.1, 0.15) is 13.2 Å². The van der Waals surface area contributed by atoms with E-state index in [9.17, 15) is 14.4 Å². The van der Waals surface area contributed by atoms with E-state index in [-0.39, 0.29) is 37.5 Å². The first kappa shape index (κ1) is 73.6. The average Bonchev–Trinajstić information content (AvgIpc) is 3.43. The van der Waals surface area contributed by atoms with E-state index in [2.05, 4.69) is 106 Å². The lowest BCUT2D eigenvalue weighted by Gasteiger charge is -2.18. The number of ether oxygens (including phenoxy) is 3. The van der Waals surface area contributed by atoms with Gasteiger partial charge in [-0.3, -0.25) is 14.4 Å². The van der Waals surface area contributed by atoms with Crippen molar-refractivity contribution in [2.75, 3.05) is 13.2 Å². The number of rotatable bonds is 60. The summed E-state index contributed by atoms with van der Waals surface area (Å²) in [5.41, 5.74) is 0. The number of carbonyl (C=O) groups excluding carboxylic acids is 3. The summed E-state index contributed by atoms with van der Waals surface area (Å²) in [6.07, 6.45) is 85.9. The molecule has 0 aromatic heterocycles. The van der Waals surface area contributed by atoms with Crippen LogP contribution in [0.5, 0.6) is 0 Å². The summed E-state index contributed by atoms with van der Waals surface area (Å²) in [7, 11) is 0. The Bertz CT molecular complexity index is 1470. The van der Waals surface area contributed by atoms with Crippen molar-refractivity contribution >= 4 is 17.9 Å². The topological polar surface area (TPSA) is 78.9 Å². The molecule has 1 atom stereocenters. The minimum absolute atomic E-state index is 0.0900. The lowest BCUT2D eigenvalue weighted by molar-refractivity contribution is -0.167. The molecule has 0 aromatic carbocycles. The van der Waals surface area contributed by atoms with E-state index in [4.69, 9.17) is 14.2 Å². The second kappa shape index (κ2) is 65.1. The minimum Gasteiger partial charge on any atom is -0.462 e. The van der Waals surface area contributed by atoms with Crippen LogP contribution in [0.4, 0.5) is 0 Å². The zero-order valence-corrected chi connectivity index (χ0v) is 51.0. The number of allylic oxidation sites excluding steroid dienone is 14. The summed E-state index contributed by atoms with van der Waals surface area (Å²) in [4.78, 5) is 38.4. The standard InChI is InChI=1S/C71H124O6/c1-4-7-10-13-16-19-22-25-28-31-33-34-35-36-38-40-43-46-49-52-55-58-61-64-70(73)76-67-68(66-75-69(72)63-60-57-54-51-48-45-42-39-30-27-24-21-18-15-12-9-6-3)77-71(74)65-62-59-56-53-50-47-44-41-37-32-29-26-23-20-17-14-11-8-5-2/h8,11,17-18,20-21,26-27,29-30,37,41,47,50,68H,4-7,9-10,12-16,19,22-25,28,31-36,38-40,42-46,48-49,51-67H2,1-3H3/b11-8-,20-17-,21-18-,29-26-,30-27-,41-37-,50-47-. The molecule has 6 nitrogen and oxygen atoms in total. The van der Waals surface area contributed by atoms with Crippen LogP contribution < -0.4 is 0 Å². The van der Waals surface area contributed by atoms with Gasteiger partial charge < -0.3 is 14.2 Å². The Morgan fingerprint density at radius 3 is 0.831 bits per heavy atom. The Morgan fingerprint density at radius 1 is 0.273 bits per heavy atom. The predicted molar refractivity (Wildman–Crippen MR) is 334 cm³/mol. The van der Waals surface area contributed by atoms with Crippen molar-refractivity contribution in [1.82, 2.24) is 0 Å². The third-order valence-electron chi connectivity index (χ3n) is 14.4. The number of hydrogen-bond acceptors (Lipinski definition) is 6. The molecule has 444 valence electrons. The third kappa shape index (κ3) is 63.3. The fourth-order valence-electron chi connectivity index (χ4n) is 9.44. The largest absolute Gasteiger partial charge is 0.462 e. The molecule has 0 heterocycles. The molecule has 0 aliphatic carbocycles. The van der Waals surface area contributed by atoms with E-state index in [0.29, 0.717) is 12.8 Å². The fourth-order valence-corrected chi connectivity index (χ4v) is 9.44. The first-order valence-corrected chi connectivity index (χ1v) is 33.1. The van der Waals surface area contributed by atoms with Gasteiger partial charge in [0, 0.05) is 19.3 Å². The van der Waals surface area contributed by atoms with E-state index >= 15 is 0 Å². The molecule has 0 fully saturated rings. The summed E-state index contributed by atoms with van der Waals surface area (Å²) in [6.45, 7) is 6.51. The molecule has 0 radical (unpaired) electrons. The number of hydrogen-bond donors (Lipinski definition) is 0. The number of unbranched alkanes of at least 4 members (excludes halogenated alkanes) is 35. The van der Waals surface area contributed by atoms with Crippen molar-refractivity contribution < 1.29 is 28.6 Å². The van der Waals surface area contributed by atoms with Gasteiger partial charge in [0.15, 0.2) is 6.10 Å². The lowest BCUT2D eigenvalue weighted by atomic mass is 10.0. The summed E-state index contributed by atoms with van der Waals surface area (Å²) in [5.74, 6) is -0.915. The van der Waals surface area contributed by atoms with Crippen molar-refractivity contribution in [3.05, 3.63) is 85.1 Å². The predicted octanol–water partition coefficient (Wildman–Crippen LogP) is 22.7. The highest BCUT2D eigenvalue weighted by Gasteiger charge is 2.19. The molecule has 0 aliphatic heterocycles. The van der Waals surface area contributed by atoms with Crippen LogP contribution in [0.15, 0.2) is 85.1 Å². The van der Waals surface area contributed by atoms with Gasteiger partial charge in [-0.15, -0.1) is 0 Å². The third-order valence-corrected chi connectivity index (χ3v) is 14.4. The van der Waals surface area contributed by atoms with Gasteiger partial charge in [-0.1, -0.05) is 298 Å². The Kier molecular flexibility index (Phi) is 62.2. The van der Waals surface area contributed by atoms with Crippen molar-refractivity contribution in [2.24, 2.45) is 0 Å². The van der Waals surface area contributed by atoms with Crippen LogP contribution in [0.25, 0.3) is 0 Å². The molecule has 0 N–H and O–H groups in total. The molecule has 0 rings (SSSR count). The van der Waals surface area contributed by atoms with Crippen LogP contribution in [-0.2, 0) is 28.6 Å². The zero-order valence-electron chi connectivity index (χ0n) is 51.0. The lowest BCUT2D eigenvalue weighted by Crippen LogP contribution is -2.30. The van der Waals surface area contributed by atoms with Gasteiger partial charge >= 0.3 is 17.9 Å². The molecular formula is C71H124O6. The van der Waals surface area contributed by atoms with Crippen molar-refractivity contribution in [1.29, 1.82) is 0 Å². The van der Waals surface area contributed by atoms with Gasteiger partial charge in [-0.2, -0.15) is 0 Å². The Morgan fingerprint density at radius 2 is 0.506 bits per heavy atom. The normalized spacial score (nSPS) is 12.6. The monoisotopic (exact) mass is 1070 g/mol. The Labute approximate surface area is 477 Å². The SMILES string of the molecule is CC/C=C\C/C=C\C/C=C\C/C=C\C/C=C\CCCCCC(=O)OC(COC(=O)CCCCCCCCC/C=C\C/C=C\CCCCC)COC(=O)CCCCCCCCCCCCCCCCCCCCCCCCC. The maximum atomic E-state index is 12.9. The first-order valence-electron chi connectivity index (χ1n) is 33.1. The van der Waals surface area contributed by atoms with Gasteiger partial charge in [0.05, 0.1) is 0 Å². The molecule has 0 saturated carbocycles. The van der Waals surface area contributed by atoms with Gasteiger partial charge in [0.25, 0.3) is 0 Å². The molecule has 0 aromatic rings. The Hall–Kier alpha value is -3.41. The summed E-state index contributed by atoms with van der Waals surface area (Å²) in [5, 5.41) is 0. The fraction of sp³-hybridized carbons (Fsp3) is 0.761. The van der Waals surface area contributed by atoms with Gasteiger partial charge in [-0.25, -0.2) is 0 Å². The number of carbonyl (C=O) groups is 3. The van der Waals surface area contributed by atoms with E-state index in [1.165, 1.54) is 180 Å².